The van der Waals surface area contributed by atoms with Crippen LogP contribution in [0.3, 0.4) is 0 Å². The van der Waals surface area contributed by atoms with E-state index in [0.717, 1.165) is 5.39 Å². The number of amides is 1. The average molecular weight is 256 g/mol. The van der Waals surface area contributed by atoms with Gasteiger partial charge < -0.3 is 10.4 Å². The summed E-state index contributed by atoms with van der Waals surface area (Å²) < 4.78 is 0. The average Bonchev–Trinajstić information content (AvgIpc) is 3.20. The maximum Gasteiger partial charge on any atom is 0.319 e. The number of benzene rings is 1. The van der Waals surface area contributed by atoms with Crippen LogP contribution in [0.5, 0.6) is 0 Å². The molecule has 1 aliphatic carbocycles. The van der Waals surface area contributed by atoms with E-state index in [-0.39, 0.29) is 0 Å². The van der Waals surface area contributed by atoms with Crippen LogP contribution >= 0.6 is 0 Å². The zero-order chi connectivity index (χ0) is 13.5. The molecule has 1 amide bonds. The summed E-state index contributed by atoms with van der Waals surface area (Å²) >= 11 is 0. The number of para-hydroxylation sites is 1. The Kier molecular flexibility index (Phi) is 2.48. The van der Waals surface area contributed by atoms with E-state index in [9.17, 15) is 9.59 Å². The van der Waals surface area contributed by atoms with E-state index < -0.39 is 17.3 Å². The maximum absolute atomic E-state index is 12.1. The molecule has 1 aromatic carbocycles. The number of rotatable bonds is 3. The van der Waals surface area contributed by atoms with Gasteiger partial charge in [-0.05, 0) is 25.0 Å². The number of aliphatic carboxylic acids is 1. The smallest absolute Gasteiger partial charge is 0.319 e. The summed E-state index contributed by atoms with van der Waals surface area (Å²) in [7, 11) is 0. The van der Waals surface area contributed by atoms with Crippen molar-refractivity contribution < 1.29 is 14.7 Å². The zero-order valence-electron chi connectivity index (χ0n) is 10.1. The molecule has 0 radical (unpaired) electrons. The fourth-order valence-corrected chi connectivity index (χ4v) is 2.11. The van der Waals surface area contributed by atoms with Gasteiger partial charge in [-0.25, -0.2) is 0 Å². The Labute approximate surface area is 109 Å². The summed E-state index contributed by atoms with van der Waals surface area (Å²) in [5.41, 5.74) is -0.0214. The van der Waals surface area contributed by atoms with Crippen LogP contribution in [0.25, 0.3) is 10.9 Å². The number of nitrogens with one attached hydrogen (secondary N) is 1. The van der Waals surface area contributed by atoms with Crippen LogP contribution in [0.2, 0.25) is 0 Å². The Bertz CT molecular complexity index is 672. The lowest BCUT2D eigenvalue weighted by atomic mass is 10.1. The van der Waals surface area contributed by atoms with Crippen molar-refractivity contribution in [3.63, 3.8) is 0 Å². The lowest BCUT2D eigenvalue weighted by Crippen LogP contribution is -2.31. The normalized spacial score (nSPS) is 16.0. The number of fused-ring (bicyclic) bond motifs is 1. The van der Waals surface area contributed by atoms with E-state index in [4.69, 9.17) is 5.11 Å². The van der Waals surface area contributed by atoms with Gasteiger partial charge >= 0.3 is 5.97 Å². The molecule has 0 atom stereocenters. The van der Waals surface area contributed by atoms with Crippen LogP contribution in [-0.4, -0.2) is 22.0 Å². The molecular formula is C14H12N2O3. The predicted molar refractivity (Wildman–Crippen MR) is 69.7 cm³/mol. The van der Waals surface area contributed by atoms with Crippen LogP contribution < -0.4 is 5.32 Å². The number of carbonyl (C=O) groups is 2. The van der Waals surface area contributed by atoms with Crippen molar-refractivity contribution in [2.45, 2.75) is 12.8 Å². The number of aromatic nitrogens is 1. The van der Waals surface area contributed by atoms with E-state index in [1.165, 1.54) is 0 Å². The van der Waals surface area contributed by atoms with Gasteiger partial charge in [-0.1, -0.05) is 18.2 Å². The molecule has 1 saturated carbocycles. The minimum absolute atomic E-state index is 0.395. The van der Waals surface area contributed by atoms with Gasteiger partial charge in [0.1, 0.15) is 5.41 Å². The first-order valence-corrected chi connectivity index (χ1v) is 6.02. The van der Waals surface area contributed by atoms with Crippen molar-refractivity contribution in [1.29, 1.82) is 0 Å². The molecule has 5 nitrogen and oxygen atoms in total. The molecule has 0 spiro atoms. The minimum Gasteiger partial charge on any atom is -0.480 e. The lowest BCUT2D eigenvalue weighted by molar-refractivity contribution is -0.147. The van der Waals surface area contributed by atoms with Crippen molar-refractivity contribution in [2.75, 3.05) is 5.32 Å². The van der Waals surface area contributed by atoms with Gasteiger partial charge in [0.15, 0.2) is 0 Å². The van der Waals surface area contributed by atoms with E-state index in [2.05, 4.69) is 10.3 Å². The van der Waals surface area contributed by atoms with Crippen molar-refractivity contribution in [3.05, 3.63) is 36.5 Å². The monoisotopic (exact) mass is 256 g/mol. The van der Waals surface area contributed by atoms with E-state index in [0.29, 0.717) is 24.0 Å². The van der Waals surface area contributed by atoms with Crippen LogP contribution in [-0.2, 0) is 9.59 Å². The number of nitrogens with zero attached hydrogens (tertiary/aromatic N) is 1. The number of carboxylic acid groups (broad SMARTS) is 1. The molecule has 19 heavy (non-hydrogen) atoms. The first kappa shape index (κ1) is 11.6. The largest absolute Gasteiger partial charge is 0.480 e. The topological polar surface area (TPSA) is 79.3 Å². The molecule has 0 bridgehead atoms. The minimum atomic E-state index is -1.24. The standard InChI is InChI=1S/C14H12N2O3/c17-12(14(6-7-14)13(18)19)16-10-5-1-3-9-4-2-8-15-11(9)10/h1-5,8H,6-7H2,(H,16,17)(H,18,19). The van der Waals surface area contributed by atoms with Gasteiger partial charge in [-0.2, -0.15) is 0 Å². The Hall–Kier alpha value is -2.43. The van der Waals surface area contributed by atoms with Crippen LogP contribution in [0.15, 0.2) is 36.5 Å². The van der Waals surface area contributed by atoms with Gasteiger partial charge in [0.05, 0.1) is 11.2 Å². The molecule has 2 aromatic rings. The van der Waals surface area contributed by atoms with Gasteiger partial charge in [-0.15, -0.1) is 0 Å². The summed E-state index contributed by atoms with van der Waals surface area (Å²) in [6, 6.07) is 9.13. The molecule has 5 heteroatoms. The first-order chi connectivity index (χ1) is 9.13. The summed E-state index contributed by atoms with van der Waals surface area (Å²) in [6.07, 6.45) is 2.43. The number of hydrogen-bond acceptors (Lipinski definition) is 3. The highest BCUT2D eigenvalue weighted by molar-refractivity contribution is 6.12. The number of anilines is 1. The predicted octanol–water partition coefficient (Wildman–Crippen LogP) is 2.04. The summed E-state index contributed by atoms with van der Waals surface area (Å²) in [6.45, 7) is 0. The van der Waals surface area contributed by atoms with E-state index in [1.807, 2.05) is 18.2 Å². The van der Waals surface area contributed by atoms with Gasteiger partial charge in [0.2, 0.25) is 5.91 Å². The first-order valence-electron chi connectivity index (χ1n) is 6.02. The van der Waals surface area contributed by atoms with Gasteiger partial charge in [-0.3, -0.25) is 14.6 Å². The van der Waals surface area contributed by atoms with Crippen molar-refractivity contribution in [3.8, 4) is 0 Å². The van der Waals surface area contributed by atoms with Crippen LogP contribution in [0.1, 0.15) is 12.8 Å². The molecule has 1 fully saturated rings. The second-order valence-corrected chi connectivity index (χ2v) is 4.72. The second kappa shape index (κ2) is 4.05. The number of carbonyl (C=O) groups excluding carboxylic acids is 1. The van der Waals surface area contributed by atoms with E-state index in [1.54, 1.807) is 18.3 Å². The number of hydrogen-bond donors (Lipinski definition) is 2. The maximum atomic E-state index is 12.1. The number of pyridine rings is 1. The molecule has 96 valence electrons. The Morgan fingerprint density at radius 2 is 1.95 bits per heavy atom. The van der Waals surface area contributed by atoms with Crippen molar-refractivity contribution in [2.24, 2.45) is 5.41 Å². The fourth-order valence-electron chi connectivity index (χ4n) is 2.11. The molecule has 0 unspecified atom stereocenters. The molecule has 3 rings (SSSR count). The van der Waals surface area contributed by atoms with Gasteiger partial charge in [0.25, 0.3) is 0 Å². The summed E-state index contributed by atoms with van der Waals surface area (Å²) in [5.74, 6) is -1.52. The highest BCUT2D eigenvalue weighted by Gasteiger charge is 2.57. The zero-order valence-corrected chi connectivity index (χ0v) is 10.1. The van der Waals surface area contributed by atoms with Crippen LogP contribution in [0, 0.1) is 5.41 Å². The van der Waals surface area contributed by atoms with E-state index >= 15 is 0 Å². The second-order valence-electron chi connectivity index (χ2n) is 4.72. The molecule has 1 aromatic heterocycles. The third kappa shape index (κ3) is 1.83. The molecule has 0 saturated heterocycles. The van der Waals surface area contributed by atoms with Crippen LogP contribution in [0.4, 0.5) is 5.69 Å². The highest BCUT2D eigenvalue weighted by Crippen LogP contribution is 2.46. The third-order valence-corrected chi connectivity index (χ3v) is 3.47. The van der Waals surface area contributed by atoms with Gasteiger partial charge in [0, 0.05) is 11.6 Å². The molecular weight excluding hydrogens is 244 g/mol. The fraction of sp³-hybridized carbons (Fsp3) is 0.214. The molecule has 2 N–H and O–H groups in total. The quantitative estimate of drug-likeness (QED) is 0.823. The number of carboxylic acids is 1. The molecule has 1 heterocycles. The Morgan fingerprint density at radius 3 is 2.63 bits per heavy atom. The molecule has 1 aliphatic rings. The van der Waals surface area contributed by atoms with Crippen molar-refractivity contribution in [1.82, 2.24) is 4.98 Å². The Morgan fingerprint density at radius 1 is 1.21 bits per heavy atom. The lowest BCUT2D eigenvalue weighted by Gasteiger charge is -2.12. The summed E-state index contributed by atoms with van der Waals surface area (Å²) in [4.78, 5) is 27.4. The highest BCUT2D eigenvalue weighted by atomic mass is 16.4. The third-order valence-electron chi connectivity index (χ3n) is 3.47. The molecule has 0 aliphatic heterocycles. The van der Waals surface area contributed by atoms with Crippen molar-refractivity contribution >= 4 is 28.5 Å². The Balaban J connectivity index is 1.94. The summed E-state index contributed by atoms with van der Waals surface area (Å²) in [5, 5.41) is 12.7. The SMILES string of the molecule is O=C(O)C1(C(=O)Nc2cccc3cccnc23)CC1.